The van der Waals surface area contributed by atoms with Crippen molar-refractivity contribution >= 4 is 33.3 Å². The molecule has 0 spiro atoms. The Kier molecular flexibility index (Phi) is 4.43. The third-order valence-electron chi connectivity index (χ3n) is 1.85. The highest BCUT2D eigenvalue weighted by atomic mass is 79.9. The lowest BCUT2D eigenvalue weighted by molar-refractivity contribution is -0.274. The van der Waals surface area contributed by atoms with Gasteiger partial charge in [-0.15, -0.1) is 13.2 Å². The molecule has 0 aromatic heterocycles. The van der Waals surface area contributed by atoms with Crippen molar-refractivity contribution in [1.82, 2.24) is 0 Å². The predicted molar refractivity (Wildman–Crippen MR) is 60.5 cm³/mol. The number of hydrogen-bond donors (Lipinski definition) is 0. The molecule has 0 aliphatic rings. The van der Waals surface area contributed by atoms with Gasteiger partial charge in [-0.2, -0.15) is 0 Å². The van der Waals surface area contributed by atoms with Gasteiger partial charge in [-0.1, -0.05) is 33.6 Å². The Balaban J connectivity index is 3.22. The molecular formula is C10H7BrClF3O2. The zero-order valence-electron chi connectivity index (χ0n) is 8.52. The molecule has 94 valence electrons. The highest BCUT2D eigenvalue weighted by Crippen LogP contribution is 2.39. The first-order chi connectivity index (χ1) is 7.72. The van der Waals surface area contributed by atoms with E-state index >= 15 is 0 Å². The second kappa shape index (κ2) is 5.27. The van der Waals surface area contributed by atoms with Crippen molar-refractivity contribution in [3.05, 3.63) is 28.8 Å². The molecule has 0 aliphatic carbocycles. The summed E-state index contributed by atoms with van der Waals surface area (Å²) in [5, 5.41) is 0.0313. The molecule has 0 aliphatic heterocycles. The van der Waals surface area contributed by atoms with Gasteiger partial charge >= 0.3 is 6.36 Å². The molecule has 1 unspecified atom stereocenters. The molecule has 17 heavy (non-hydrogen) atoms. The molecule has 0 radical (unpaired) electrons. The molecule has 2 nitrogen and oxygen atoms in total. The molecule has 0 fully saturated rings. The Morgan fingerprint density at radius 3 is 2.53 bits per heavy atom. The van der Waals surface area contributed by atoms with Gasteiger partial charge in [0.1, 0.15) is 16.4 Å². The van der Waals surface area contributed by atoms with Crippen LogP contribution in [-0.2, 0) is 4.79 Å². The first-order valence-electron chi connectivity index (χ1n) is 4.41. The van der Waals surface area contributed by atoms with Crippen molar-refractivity contribution in [2.45, 2.75) is 18.1 Å². The summed E-state index contributed by atoms with van der Waals surface area (Å²) in [4.78, 5) is 10.2. The fourth-order valence-corrected chi connectivity index (χ4v) is 2.06. The van der Waals surface area contributed by atoms with E-state index in [0.717, 1.165) is 6.07 Å². The highest BCUT2D eigenvalue weighted by molar-refractivity contribution is 9.09. The van der Waals surface area contributed by atoms with Gasteiger partial charge < -0.3 is 4.74 Å². The average Bonchev–Trinajstić information content (AvgIpc) is 2.14. The Labute approximate surface area is 109 Å². The zero-order valence-corrected chi connectivity index (χ0v) is 10.9. The monoisotopic (exact) mass is 330 g/mol. The first kappa shape index (κ1) is 14.3. The van der Waals surface area contributed by atoms with Crippen molar-refractivity contribution in [3.63, 3.8) is 0 Å². The molecule has 1 aromatic rings. The van der Waals surface area contributed by atoms with Gasteiger partial charge in [0.2, 0.25) is 0 Å². The molecule has 0 saturated carbocycles. The molecule has 7 heteroatoms. The van der Waals surface area contributed by atoms with Crippen LogP contribution in [0.1, 0.15) is 17.3 Å². The smallest absolute Gasteiger partial charge is 0.405 e. The standard InChI is InChI=1S/C10H7BrClF3O2/c1-5(16)9(11)8-6(12)3-2-4-7(8)17-10(13,14)15/h2-4,9H,1H3. The van der Waals surface area contributed by atoms with E-state index < -0.39 is 16.9 Å². The third kappa shape index (κ3) is 3.89. The summed E-state index contributed by atoms with van der Waals surface area (Å²) >= 11 is 8.75. The van der Waals surface area contributed by atoms with Gasteiger partial charge in [-0.05, 0) is 19.1 Å². The van der Waals surface area contributed by atoms with E-state index in [2.05, 4.69) is 20.7 Å². The molecule has 0 bridgehead atoms. The average molecular weight is 332 g/mol. The summed E-state index contributed by atoms with van der Waals surface area (Å²) < 4.78 is 40.3. The van der Waals surface area contributed by atoms with Crippen LogP contribution in [0, 0.1) is 0 Å². The molecule has 1 rings (SSSR count). The number of benzene rings is 1. The summed E-state index contributed by atoms with van der Waals surface area (Å²) in [5.41, 5.74) is -0.0287. The van der Waals surface area contributed by atoms with Crippen molar-refractivity contribution in [1.29, 1.82) is 0 Å². The van der Waals surface area contributed by atoms with E-state index in [4.69, 9.17) is 11.6 Å². The van der Waals surface area contributed by atoms with Crippen LogP contribution in [-0.4, -0.2) is 12.1 Å². The van der Waals surface area contributed by atoms with E-state index in [1.165, 1.54) is 19.1 Å². The molecule has 0 amide bonds. The summed E-state index contributed by atoms with van der Waals surface area (Å²) in [6, 6.07) is 3.80. The number of rotatable bonds is 3. The van der Waals surface area contributed by atoms with Crippen LogP contribution in [0.3, 0.4) is 0 Å². The largest absolute Gasteiger partial charge is 0.573 e. The molecule has 0 saturated heterocycles. The minimum absolute atomic E-state index is 0.0287. The van der Waals surface area contributed by atoms with Gasteiger partial charge in [0, 0.05) is 10.6 Å². The van der Waals surface area contributed by atoms with E-state index in [-0.39, 0.29) is 16.4 Å². The lowest BCUT2D eigenvalue weighted by atomic mass is 10.1. The van der Waals surface area contributed by atoms with Crippen LogP contribution < -0.4 is 4.74 Å². The fourth-order valence-electron chi connectivity index (χ4n) is 1.18. The second-order valence-electron chi connectivity index (χ2n) is 3.17. The number of Topliss-reactive ketones (excluding diaryl/α,β-unsaturated/α-hetero) is 1. The Morgan fingerprint density at radius 1 is 1.47 bits per heavy atom. The Bertz CT molecular complexity index is 434. The van der Waals surface area contributed by atoms with E-state index in [1.807, 2.05) is 0 Å². The molecule has 1 aromatic carbocycles. The minimum atomic E-state index is -4.83. The maximum Gasteiger partial charge on any atom is 0.573 e. The van der Waals surface area contributed by atoms with Gasteiger partial charge in [0.25, 0.3) is 0 Å². The van der Waals surface area contributed by atoms with Gasteiger partial charge in [-0.25, -0.2) is 0 Å². The number of hydrogen-bond acceptors (Lipinski definition) is 2. The molecule has 0 N–H and O–H groups in total. The van der Waals surface area contributed by atoms with Crippen molar-refractivity contribution in [3.8, 4) is 5.75 Å². The van der Waals surface area contributed by atoms with Crippen molar-refractivity contribution in [2.24, 2.45) is 0 Å². The number of ketones is 1. The second-order valence-corrected chi connectivity index (χ2v) is 4.50. The SMILES string of the molecule is CC(=O)C(Br)c1c(Cl)cccc1OC(F)(F)F. The quantitative estimate of drug-likeness (QED) is 0.774. The zero-order chi connectivity index (χ0) is 13.2. The fraction of sp³-hybridized carbons (Fsp3) is 0.300. The molecule has 1 atom stereocenters. The van der Waals surface area contributed by atoms with Crippen LogP contribution >= 0.6 is 27.5 Å². The van der Waals surface area contributed by atoms with E-state index in [9.17, 15) is 18.0 Å². The van der Waals surface area contributed by atoms with Crippen LogP contribution in [0.2, 0.25) is 5.02 Å². The van der Waals surface area contributed by atoms with Crippen LogP contribution in [0.5, 0.6) is 5.75 Å². The van der Waals surface area contributed by atoms with E-state index in [1.54, 1.807) is 0 Å². The van der Waals surface area contributed by atoms with Crippen LogP contribution in [0.4, 0.5) is 13.2 Å². The highest BCUT2D eigenvalue weighted by Gasteiger charge is 2.33. The predicted octanol–water partition coefficient (Wildman–Crippen LogP) is 4.26. The summed E-state index contributed by atoms with van der Waals surface area (Å²) in [6.07, 6.45) is -4.83. The number of carbonyl (C=O) groups excluding carboxylic acids is 1. The maximum atomic E-state index is 12.2. The number of halogens is 5. The van der Waals surface area contributed by atoms with Crippen molar-refractivity contribution < 1.29 is 22.7 Å². The van der Waals surface area contributed by atoms with Crippen LogP contribution in [0.15, 0.2) is 18.2 Å². The van der Waals surface area contributed by atoms with Gasteiger partial charge in [0.05, 0.1) is 0 Å². The third-order valence-corrected chi connectivity index (χ3v) is 3.28. The minimum Gasteiger partial charge on any atom is -0.405 e. The summed E-state index contributed by atoms with van der Waals surface area (Å²) in [6.45, 7) is 1.24. The van der Waals surface area contributed by atoms with Gasteiger partial charge in [-0.3, -0.25) is 4.79 Å². The van der Waals surface area contributed by atoms with Crippen LogP contribution in [0.25, 0.3) is 0 Å². The normalized spacial score (nSPS) is 13.3. The number of alkyl halides is 4. The summed E-state index contributed by atoms with van der Waals surface area (Å²) in [7, 11) is 0. The van der Waals surface area contributed by atoms with E-state index in [0.29, 0.717) is 0 Å². The Hall–Kier alpha value is -0.750. The first-order valence-corrected chi connectivity index (χ1v) is 5.70. The molecule has 0 heterocycles. The maximum absolute atomic E-state index is 12.2. The molecular weight excluding hydrogens is 324 g/mol. The Morgan fingerprint density at radius 2 is 2.06 bits per heavy atom. The topological polar surface area (TPSA) is 26.3 Å². The summed E-state index contributed by atoms with van der Waals surface area (Å²) in [5.74, 6) is -0.854. The van der Waals surface area contributed by atoms with Gasteiger partial charge in [0.15, 0.2) is 0 Å². The number of carbonyl (C=O) groups is 1. The number of ether oxygens (including phenoxy) is 1. The van der Waals surface area contributed by atoms with Crippen molar-refractivity contribution in [2.75, 3.05) is 0 Å². The lowest BCUT2D eigenvalue weighted by Crippen LogP contribution is -2.19. The lowest BCUT2D eigenvalue weighted by Gasteiger charge is -2.16.